The topological polar surface area (TPSA) is 77.0 Å². The molecule has 0 bridgehead atoms. The van der Waals surface area contributed by atoms with Gasteiger partial charge in [0, 0.05) is 28.4 Å². The largest absolute Gasteiger partial charge is 0.465 e. The molecule has 3 heterocycles. The molecular formula is C19H13ClN4O2S. The van der Waals surface area contributed by atoms with Crippen molar-refractivity contribution in [3.05, 3.63) is 64.8 Å². The zero-order chi connectivity index (χ0) is 18.8. The molecule has 0 amide bonds. The number of aromatic nitrogens is 3. The number of esters is 1. The second-order valence-corrected chi connectivity index (χ2v) is 6.93. The maximum absolute atomic E-state index is 12.0. The molecule has 0 saturated heterocycles. The standard InChI is InChI=1S/C19H13ClN4O2S/c1-26-19(25)13-6-8-27-18(13)24-17-14-9-12(20)4-5-15(14)22-16(23-17)11-3-2-7-21-10-11/h2-10H,1H3,(H,22,23,24). The highest BCUT2D eigenvalue weighted by molar-refractivity contribution is 7.14. The molecule has 0 atom stereocenters. The molecule has 0 saturated carbocycles. The fourth-order valence-electron chi connectivity index (χ4n) is 2.60. The quantitative estimate of drug-likeness (QED) is 0.492. The molecule has 0 unspecified atom stereocenters. The van der Waals surface area contributed by atoms with E-state index < -0.39 is 5.97 Å². The first kappa shape index (κ1) is 17.4. The Morgan fingerprint density at radius 3 is 2.89 bits per heavy atom. The number of ether oxygens (including phenoxy) is 1. The second-order valence-electron chi connectivity index (χ2n) is 5.58. The molecule has 0 spiro atoms. The van der Waals surface area contributed by atoms with Gasteiger partial charge in [0.1, 0.15) is 10.8 Å². The molecule has 3 aromatic heterocycles. The van der Waals surface area contributed by atoms with Crippen molar-refractivity contribution in [2.24, 2.45) is 0 Å². The molecule has 134 valence electrons. The van der Waals surface area contributed by atoms with Crippen LogP contribution in [0, 0.1) is 0 Å². The lowest BCUT2D eigenvalue weighted by Gasteiger charge is -2.11. The molecule has 0 aliphatic carbocycles. The smallest absolute Gasteiger partial charge is 0.340 e. The minimum absolute atomic E-state index is 0.414. The number of methoxy groups -OCH3 is 1. The third-order valence-corrected chi connectivity index (χ3v) is 4.94. The van der Waals surface area contributed by atoms with E-state index in [-0.39, 0.29) is 0 Å². The summed E-state index contributed by atoms with van der Waals surface area (Å²) in [6, 6.07) is 10.8. The monoisotopic (exact) mass is 396 g/mol. The van der Waals surface area contributed by atoms with Crippen molar-refractivity contribution < 1.29 is 9.53 Å². The van der Waals surface area contributed by atoms with Crippen LogP contribution in [0.3, 0.4) is 0 Å². The van der Waals surface area contributed by atoms with Crippen LogP contribution in [0.5, 0.6) is 0 Å². The summed E-state index contributed by atoms with van der Waals surface area (Å²) in [4.78, 5) is 25.4. The molecule has 1 N–H and O–H groups in total. The number of thiophene rings is 1. The van der Waals surface area contributed by atoms with Crippen LogP contribution in [0.1, 0.15) is 10.4 Å². The van der Waals surface area contributed by atoms with Crippen molar-refractivity contribution in [1.29, 1.82) is 0 Å². The van der Waals surface area contributed by atoms with E-state index in [4.69, 9.17) is 16.3 Å². The van der Waals surface area contributed by atoms with Gasteiger partial charge in [-0.15, -0.1) is 11.3 Å². The molecule has 0 aliphatic rings. The Balaban J connectivity index is 1.87. The van der Waals surface area contributed by atoms with Gasteiger partial charge in [-0.3, -0.25) is 4.98 Å². The zero-order valence-corrected chi connectivity index (χ0v) is 15.7. The third kappa shape index (κ3) is 3.47. The lowest BCUT2D eigenvalue weighted by Crippen LogP contribution is -2.04. The van der Waals surface area contributed by atoms with E-state index in [1.54, 1.807) is 30.6 Å². The van der Waals surface area contributed by atoms with Gasteiger partial charge >= 0.3 is 5.97 Å². The van der Waals surface area contributed by atoms with Gasteiger partial charge in [-0.1, -0.05) is 11.6 Å². The maximum atomic E-state index is 12.0. The molecule has 0 fully saturated rings. The van der Waals surface area contributed by atoms with Crippen LogP contribution < -0.4 is 5.32 Å². The van der Waals surface area contributed by atoms with Crippen molar-refractivity contribution in [1.82, 2.24) is 15.0 Å². The number of halogens is 1. The van der Waals surface area contributed by atoms with Crippen LogP contribution >= 0.6 is 22.9 Å². The summed E-state index contributed by atoms with van der Waals surface area (Å²) in [5, 5.41) is 7.01. The highest BCUT2D eigenvalue weighted by Gasteiger charge is 2.16. The molecular weight excluding hydrogens is 384 g/mol. The number of carbonyl (C=O) groups excluding carboxylic acids is 1. The number of nitrogens with zero attached hydrogens (tertiary/aromatic N) is 3. The van der Waals surface area contributed by atoms with E-state index in [1.807, 2.05) is 23.6 Å². The normalized spacial score (nSPS) is 10.7. The van der Waals surface area contributed by atoms with Crippen molar-refractivity contribution >= 4 is 50.6 Å². The van der Waals surface area contributed by atoms with Crippen LogP contribution in [0.15, 0.2) is 54.2 Å². The van der Waals surface area contributed by atoms with Crippen molar-refractivity contribution in [3.63, 3.8) is 0 Å². The predicted molar refractivity (Wildman–Crippen MR) is 107 cm³/mol. The molecule has 1 aromatic carbocycles. The molecule has 4 rings (SSSR count). The van der Waals surface area contributed by atoms with Gasteiger partial charge in [0.15, 0.2) is 5.82 Å². The number of hydrogen-bond donors (Lipinski definition) is 1. The van der Waals surface area contributed by atoms with Crippen LogP contribution in [0.25, 0.3) is 22.3 Å². The summed E-state index contributed by atoms with van der Waals surface area (Å²) in [6.07, 6.45) is 3.39. The Labute approximate surface area is 163 Å². The highest BCUT2D eigenvalue weighted by atomic mass is 35.5. The van der Waals surface area contributed by atoms with Gasteiger partial charge < -0.3 is 10.1 Å². The summed E-state index contributed by atoms with van der Waals surface area (Å²) >= 11 is 7.55. The first-order valence-electron chi connectivity index (χ1n) is 7.96. The van der Waals surface area contributed by atoms with Gasteiger partial charge in [-0.2, -0.15) is 0 Å². The molecule has 27 heavy (non-hydrogen) atoms. The first-order valence-corrected chi connectivity index (χ1v) is 9.22. The lowest BCUT2D eigenvalue weighted by molar-refractivity contribution is 0.0602. The van der Waals surface area contributed by atoms with Crippen molar-refractivity contribution in [3.8, 4) is 11.4 Å². The fourth-order valence-corrected chi connectivity index (χ4v) is 3.55. The maximum Gasteiger partial charge on any atom is 0.340 e. The summed E-state index contributed by atoms with van der Waals surface area (Å²) < 4.78 is 4.84. The molecule has 8 heteroatoms. The predicted octanol–water partition coefficient (Wildman–Crippen LogP) is 4.94. The van der Waals surface area contributed by atoms with Crippen LogP contribution in [0.4, 0.5) is 10.8 Å². The Bertz CT molecular complexity index is 1130. The van der Waals surface area contributed by atoms with Gasteiger partial charge in [0.2, 0.25) is 0 Å². The van der Waals surface area contributed by atoms with Gasteiger partial charge in [-0.25, -0.2) is 14.8 Å². The first-order chi connectivity index (χ1) is 13.2. The summed E-state index contributed by atoms with van der Waals surface area (Å²) in [7, 11) is 1.35. The Morgan fingerprint density at radius 2 is 2.11 bits per heavy atom. The number of benzene rings is 1. The lowest BCUT2D eigenvalue weighted by atomic mass is 10.2. The third-order valence-electron chi connectivity index (χ3n) is 3.88. The average molecular weight is 397 g/mol. The minimum Gasteiger partial charge on any atom is -0.465 e. The number of anilines is 2. The zero-order valence-electron chi connectivity index (χ0n) is 14.1. The van der Waals surface area contributed by atoms with Gasteiger partial charge in [0.25, 0.3) is 0 Å². The van der Waals surface area contributed by atoms with Crippen LogP contribution in [-0.4, -0.2) is 28.0 Å². The number of pyridine rings is 1. The SMILES string of the molecule is COC(=O)c1ccsc1Nc1nc(-c2cccnc2)nc2ccc(Cl)cc12. The van der Waals surface area contributed by atoms with E-state index in [2.05, 4.69) is 20.3 Å². The molecule has 0 radical (unpaired) electrons. The Morgan fingerprint density at radius 1 is 1.22 bits per heavy atom. The van der Waals surface area contributed by atoms with E-state index in [1.165, 1.54) is 18.4 Å². The number of hydrogen-bond acceptors (Lipinski definition) is 7. The van der Waals surface area contributed by atoms with Crippen molar-refractivity contribution in [2.75, 3.05) is 12.4 Å². The minimum atomic E-state index is -0.414. The molecule has 6 nitrogen and oxygen atoms in total. The number of nitrogens with one attached hydrogen (secondary N) is 1. The number of rotatable bonds is 4. The summed E-state index contributed by atoms with van der Waals surface area (Å²) in [6.45, 7) is 0. The van der Waals surface area contributed by atoms with E-state index in [0.29, 0.717) is 27.2 Å². The summed E-state index contributed by atoms with van der Waals surface area (Å²) in [5.74, 6) is 0.660. The highest BCUT2D eigenvalue weighted by Crippen LogP contribution is 2.32. The Kier molecular flexibility index (Phi) is 4.70. The van der Waals surface area contributed by atoms with E-state index >= 15 is 0 Å². The van der Waals surface area contributed by atoms with Gasteiger partial charge in [0.05, 0.1) is 18.2 Å². The Hall–Kier alpha value is -3.03. The molecule has 4 aromatic rings. The second kappa shape index (κ2) is 7.30. The van der Waals surface area contributed by atoms with Crippen molar-refractivity contribution in [2.45, 2.75) is 0 Å². The fraction of sp³-hybridized carbons (Fsp3) is 0.0526. The number of fused-ring (bicyclic) bond motifs is 1. The van der Waals surface area contributed by atoms with E-state index in [9.17, 15) is 4.79 Å². The van der Waals surface area contributed by atoms with Crippen LogP contribution in [0.2, 0.25) is 5.02 Å². The van der Waals surface area contributed by atoms with Gasteiger partial charge in [-0.05, 0) is 41.8 Å². The summed E-state index contributed by atoms with van der Waals surface area (Å²) in [5.41, 5.74) is 1.96. The van der Waals surface area contributed by atoms with E-state index in [0.717, 1.165) is 16.5 Å². The van der Waals surface area contributed by atoms with Crippen LogP contribution in [-0.2, 0) is 4.74 Å². The average Bonchev–Trinajstić information content (AvgIpc) is 3.16. The molecule has 0 aliphatic heterocycles. The number of carbonyl (C=O) groups is 1.